The molecule has 0 aliphatic rings. The van der Waals surface area contributed by atoms with Gasteiger partial charge < -0.3 is 5.73 Å². The molecule has 0 unspecified atom stereocenters. The SMILES string of the molecule is NC(=S)NNS(=O)(=O)c1ccc(C(F)(F)F)cc1. The lowest BCUT2D eigenvalue weighted by atomic mass is 10.2. The van der Waals surface area contributed by atoms with Gasteiger partial charge >= 0.3 is 6.18 Å². The second-order valence-electron chi connectivity index (χ2n) is 3.12. The highest BCUT2D eigenvalue weighted by atomic mass is 32.2. The number of rotatable bonds is 3. The summed E-state index contributed by atoms with van der Waals surface area (Å²) < 4.78 is 59.8. The molecule has 4 N–H and O–H groups in total. The van der Waals surface area contributed by atoms with Crippen LogP contribution in [0.5, 0.6) is 0 Å². The van der Waals surface area contributed by atoms with Crippen LogP contribution in [0.15, 0.2) is 29.2 Å². The Bertz CT molecular complexity index is 540. The van der Waals surface area contributed by atoms with Crippen LogP contribution in [0, 0.1) is 0 Å². The highest BCUT2D eigenvalue weighted by Gasteiger charge is 2.30. The van der Waals surface area contributed by atoms with E-state index in [9.17, 15) is 21.6 Å². The fraction of sp³-hybridized carbons (Fsp3) is 0.125. The molecule has 18 heavy (non-hydrogen) atoms. The summed E-state index contributed by atoms with van der Waals surface area (Å²) in [5, 5.41) is -0.314. The van der Waals surface area contributed by atoms with Crippen LogP contribution in [0.3, 0.4) is 0 Å². The van der Waals surface area contributed by atoms with Crippen molar-refractivity contribution in [2.45, 2.75) is 11.1 Å². The van der Waals surface area contributed by atoms with Crippen LogP contribution in [0.25, 0.3) is 0 Å². The van der Waals surface area contributed by atoms with Crippen molar-refractivity contribution in [3.05, 3.63) is 29.8 Å². The summed E-state index contributed by atoms with van der Waals surface area (Å²) >= 11 is 4.37. The molecule has 100 valence electrons. The molecule has 0 aromatic heterocycles. The van der Waals surface area contributed by atoms with Gasteiger partial charge in [0.05, 0.1) is 10.5 Å². The van der Waals surface area contributed by atoms with E-state index in [1.54, 1.807) is 0 Å². The summed E-state index contributed by atoms with van der Waals surface area (Å²) in [6.45, 7) is 0. The highest BCUT2D eigenvalue weighted by molar-refractivity contribution is 7.89. The monoisotopic (exact) mass is 299 g/mol. The Morgan fingerprint density at radius 3 is 2.11 bits per heavy atom. The fourth-order valence-electron chi connectivity index (χ4n) is 0.999. The van der Waals surface area contributed by atoms with Crippen molar-refractivity contribution >= 4 is 27.4 Å². The summed E-state index contributed by atoms with van der Waals surface area (Å²) in [7, 11) is -4.01. The number of hydrazine groups is 1. The molecule has 0 radical (unpaired) electrons. The maximum atomic E-state index is 12.3. The molecule has 0 saturated heterocycles. The lowest BCUT2D eigenvalue weighted by molar-refractivity contribution is -0.137. The van der Waals surface area contributed by atoms with Crippen LogP contribution in [0.2, 0.25) is 0 Å². The Labute approximate surface area is 106 Å². The molecule has 0 aliphatic heterocycles. The zero-order chi connectivity index (χ0) is 14.0. The number of alkyl halides is 3. The fourth-order valence-corrected chi connectivity index (χ4v) is 1.97. The van der Waals surface area contributed by atoms with Gasteiger partial charge in [0.25, 0.3) is 10.0 Å². The summed E-state index contributed by atoms with van der Waals surface area (Å²) in [5.41, 5.74) is 6.04. The third-order valence-electron chi connectivity index (χ3n) is 1.80. The zero-order valence-corrected chi connectivity index (χ0v) is 10.3. The zero-order valence-electron chi connectivity index (χ0n) is 8.65. The maximum Gasteiger partial charge on any atom is 0.416 e. The lowest BCUT2D eigenvalue weighted by Gasteiger charge is -2.09. The molecule has 1 aromatic carbocycles. The average molecular weight is 299 g/mol. The van der Waals surface area contributed by atoms with Crippen LogP contribution in [0.4, 0.5) is 13.2 Å². The summed E-state index contributed by atoms with van der Waals surface area (Å²) in [6.07, 6.45) is -4.52. The molecule has 5 nitrogen and oxygen atoms in total. The molecule has 0 saturated carbocycles. The van der Waals surface area contributed by atoms with Gasteiger partial charge in [-0.05, 0) is 36.5 Å². The van der Waals surface area contributed by atoms with Gasteiger partial charge in [0.15, 0.2) is 5.11 Å². The minimum Gasteiger partial charge on any atom is -0.375 e. The molecule has 0 fully saturated rings. The van der Waals surface area contributed by atoms with Crippen molar-refractivity contribution in [3.8, 4) is 0 Å². The van der Waals surface area contributed by atoms with E-state index in [2.05, 4.69) is 12.2 Å². The first-order valence-corrected chi connectivity index (χ1v) is 6.26. The van der Waals surface area contributed by atoms with Crippen LogP contribution in [-0.2, 0) is 16.2 Å². The van der Waals surface area contributed by atoms with E-state index < -0.39 is 21.8 Å². The first-order valence-electron chi connectivity index (χ1n) is 4.37. The van der Waals surface area contributed by atoms with E-state index in [0.717, 1.165) is 12.1 Å². The predicted octanol–water partition coefficient (Wildman–Crippen LogP) is 0.732. The number of benzene rings is 1. The number of sulfonamides is 1. The first kappa shape index (κ1) is 14.7. The Kier molecular flexibility index (Phi) is 4.14. The Morgan fingerprint density at radius 2 is 1.72 bits per heavy atom. The van der Waals surface area contributed by atoms with Crippen LogP contribution < -0.4 is 16.0 Å². The van der Waals surface area contributed by atoms with E-state index >= 15 is 0 Å². The van der Waals surface area contributed by atoms with E-state index in [1.807, 2.05) is 10.3 Å². The molecular weight excluding hydrogens is 291 g/mol. The smallest absolute Gasteiger partial charge is 0.375 e. The first-order chi connectivity index (χ1) is 8.13. The van der Waals surface area contributed by atoms with E-state index in [1.165, 1.54) is 0 Å². The van der Waals surface area contributed by atoms with Gasteiger partial charge in [-0.25, -0.2) is 8.42 Å². The number of nitrogens with one attached hydrogen (secondary N) is 2. The van der Waals surface area contributed by atoms with Gasteiger partial charge in [-0.3, -0.25) is 5.43 Å². The minimum atomic E-state index is -4.52. The summed E-state index contributed by atoms with van der Waals surface area (Å²) in [6, 6.07) is 2.98. The van der Waals surface area contributed by atoms with Crippen LogP contribution in [-0.4, -0.2) is 13.5 Å². The molecule has 0 bridgehead atoms. The van der Waals surface area contributed by atoms with Crippen molar-refractivity contribution in [1.82, 2.24) is 10.3 Å². The largest absolute Gasteiger partial charge is 0.416 e. The maximum absolute atomic E-state index is 12.3. The van der Waals surface area contributed by atoms with E-state index in [-0.39, 0.29) is 10.0 Å². The quantitative estimate of drug-likeness (QED) is 0.566. The van der Waals surface area contributed by atoms with E-state index in [4.69, 9.17) is 5.73 Å². The molecule has 0 amide bonds. The molecule has 0 atom stereocenters. The molecule has 1 aromatic rings. The molecule has 0 spiro atoms. The minimum absolute atomic E-state index is 0.314. The lowest BCUT2D eigenvalue weighted by Crippen LogP contribution is -2.44. The second-order valence-corrected chi connectivity index (χ2v) is 5.24. The third kappa shape index (κ3) is 3.82. The Morgan fingerprint density at radius 1 is 1.22 bits per heavy atom. The van der Waals surface area contributed by atoms with E-state index in [0.29, 0.717) is 12.1 Å². The highest BCUT2D eigenvalue weighted by Crippen LogP contribution is 2.29. The van der Waals surface area contributed by atoms with Crippen molar-refractivity contribution in [1.29, 1.82) is 0 Å². The molecule has 0 aliphatic carbocycles. The third-order valence-corrected chi connectivity index (χ3v) is 3.17. The van der Waals surface area contributed by atoms with Crippen molar-refractivity contribution in [2.24, 2.45) is 5.73 Å². The van der Waals surface area contributed by atoms with Gasteiger partial charge in [0.2, 0.25) is 0 Å². The van der Waals surface area contributed by atoms with Crippen LogP contribution >= 0.6 is 12.2 Å². The average Bonchev–Trinajstić information content (AvgIpc) is 2.26. The topological polar surface area (TPSA) is 84.2 Å². The van der Waals surface area contributed by atoms with Crippen molar-refractivity contribution in [3.63, 3.8) is 0 Å². The van der Waals surface area contributed by atoms with Gasteiger partial charge in [0.1, 0.15) is 0 Å². The van der Waals surface area contributed by atoms with Crippen molar-refractivity contribution in [2.75, 3.05) is 0 Å². The molecule has 10 heteroatoms. The second kappa shape index (κ2) is 5.08. The number of hydrogen-bond acceptors (Lipinski definition) is 3. The number of nitrogens with two attached hydrogens (primary N) is 1. The van der Waals surface area contributed by atoms with Gasteiger partial charge in [-0.2, -0.15) is 13.2 Å². The molecule has 1 rings (SSSR count). The van der Waals surface area contributed by atoms with Crippen LogP contribution in [0.1, 0.15) is 5.56 Å². The molecule has 0 heterocycles. The standard InChI is InChI=1S/C8H8F3N3O2S2/c9-8(10,11)5-1-3-6(4-2-5)18(15,16)14-13-7(12)17/h1-4,14H,(H3,12,13,17). The summed E-state index contributed by atoms with van der Waals surface area (Å²) in [5.74, 6) is 0. The van der Waals surface area contributed by atoms with Gasteiger partial charge in [0, 0.05) is 0 Å². The normalized spacial score (nSPS) is 12.2. The Balaban J connectivity index is 2.95. The summed E-state index contributed by atoms with van der Waals surface area (Å²) in [4.78, 5) is 1.46. The van der Waals surface area contributed by atoms with Gasteiger partial charge in [-0.1, -0.05) is 0 Å². The van der Waals surface area contributed by atoms with Crippen molar-refractivity contribution < 1.29 is 21.6 Å². The Hall–Kier alpha value is -1.39. The number of halogens is 3. The predicted molar refractivity (Wildman–Crippen MR) is 61.7 cm³/mol. The number of thiocarbonyl (C=S) groups is 1. The van der Waals surface area contributed by atoms with Gasteiger partial charge in [-0.15, -0.1) is 4.83 Å². The number of hydrogen-bond donors (Lipinski definition) is 3. The molecular formula is C8H8F3N3O2S2.